The Kier molecular flexibility index (Phi) is 5.34. The minimum absolute atomic E-state index is 0.0547. The first kappa shape index (κ1) is 20.6. The van der Waals surface area contributed by atoms with E-state index in [0.717, 1.165) is 27.5 Å². The van der Waals surface area contributed by atoms with E-state index in [4.69, 9.17) is 27.6 Å². The molecule has 0 unspecified atom stereocenters. The maximum atomic E-state index is 13.7. The maximum Gasteiger partial charge on any atom is 0.200 e. The van der Waals surface area contributed by atoms with Crippen molar-refractivity contribution >= 4 is 56.6 Å². The van der Waals surface area contributed by atoms with Gasteiger partial charge in [0.25, 0.3) is 0 Å². The van der Waals surface area contributed by atoms with E-state index in [1.54, 1.807) is 0 Å². The van der Waals surface area contributed by atoms with Crippen molar-refractivity contribution < 1.29 is 4.42 Å². The summed E-state index contributed by atoms with van der Waals surface area (Å²) >= 11 is 12.2. The minimum Gasteiger partial charge on any atom is -0.460 e. The highest BCUT2D eigenvalue weighted by Gasteiger charge is 2.15. The second kappa shape index (κ2) is 8.31. The van der Waals surface area contributed by atoms with Crippen molar-refractivity contribution in [2.24, 2.45) is 0 Å². The maximum absolute atomic E-state index is 13.7. The number of aryl methyl sites for hydroxylation is 1. The van der Waals surface area contributed by atoms with Crippen molar-refractivity contribution in [2.75, 3.05) is 0 Å². The topological polar surface area (TPSA) is 30.2 Å². The van der Waals surface area contributed by atoms with Gasteiger partial charge in [0.2, 0.25) is 5.43 Å². The van der Waals surface area contributed by atoms with Crippen molar-refractivity contribution in [3.63, 3.8) is 0 Å². The van der Waals surface area contributed by atoms with Gasteiger partial charge in [0.15, 0.2) is 0 Å². The van der Waals surface area contributed by atoms with Gasteiger partial charge in [-0.1, -0.05) is 77.8 Å². The van der Waals surface area contributed by atoms with Crippen LogP contribution in [0.2, 0.25) is 10.0 Å². The van der Waals surface area contributed by atoms with E-state index in [-0.39, 0.29) is 5.43 Å². The van der Waals surface area contributed by atoms with Gasteiger partial charge >= 0.3 is 0 Å². The fraction of sp³-hybridized carbons (Fsp3) is 0.0357. The highest BCUT2D eigenvalue weighted by molar-refractivity contribution is 6.31. The Morgan fingerprint density at radius 1 is 0.781 bits per heavy atom. The third kappa shape index (κ3) is 3.73. The summed E-state index contributed by atoms with van der Waals surface area (Å²) in [5.74, 6) is 0.568. The first-order valence-corrected chi connectivity index (χ1v) is 11.0. The summed E-state index contributed by atoms with van der Waals surface area (Å²) in [6, 6.07) is 26.8. The summed E-state index contributed by atoms with van der Waals surface area (Å²) in [5.41, 5.74) is 3.81. The molecule has 0 aliphatic rings. The van der Waals surface area contributed by atoms with Gasteiger partial charge in [0.1, 0.15) is 11.3 Å². The third-order valence-electron chi connectivity index (χ3n) is 5.60. The zero-order valence-electron chi connectivity index (χ0n) is 17.2. The summed E-state index contributed by atoms with van der Waals surface area (Å²) in [4.78, 5) is 13.7. The zero-order valence-corrected chi connectivity index (χ0v) is 18.7. The average Bonchev–Trinajstić information content (AvgIpc) is 2.80. The fourth-order valence-corrected chi connectivity index (χ4v) is 4.24. The molecular formula is C28H18Cl2O2. The number of benzene rings is 4. The summed E-state index contributed by atoms with van der Waals surface area (Å²) < 4.78 is 6.11. The van der Waals surface area contributed by atoms with Crippen LogP contribution >= 0.6 is 23.2 Å². The molecule has 0 saturated carbocycles. The molecule has 5 rings (SSSR count). The minimum atomic E-state index is -0.0547. The Bertz CT molecular complexity index is 1500. The molecule has 5 aromatic rings. The molecule has 0 N–H and O–H groups in total. The van der Waals surface area contributed by atoms with Gasteiger partial charge < -0.3 is 4.42 Å². The molecule has 0 fully saturated rings. The van der Waals surface area contributed by atoms with Crippen molar-refractivity contribution in [1.82, 2.24) is 0 Å². The Labute approximate surface area is 195 Å². The molecular weight excluding hydrogens is 439 g/mol. The largest absolute Gasteiger partial charge is 0.460 e. The van der Waals surface area contributed by atoms with Gasteiger partial charge in [-0.05, 0) is 70.8 Å². The van der Waals surface area contributed by atoms with Gasteiger partial charge in [0, 0.05) is 10.0 Å². The molecule has 4 aromatic carbocycles. The third-order valence-corrected chi connectivity index (χ3v) is 6.11. The summed E-state index contributed by atoms with van der Waals surface area (Å²) in [7, 11) is 0. The molecule has 1 heterocycles. The number of halogens is 2. The van der Waals surface area contributed by atoms with Crippen LogP contribution in [0.1, 0.15) is 22.5 Å². The molecule has 0 saturated heterocycles. The molecule has 0 bridgehead atoms. The Morgan fingerprint density at radius 2 is 1.38 bits per heavy atom. The number of hydrogen-bond acceptors (Lipinski definition) is 2. The Hall–Kier alpha value is -3.33. The normalized spacial score (nSPS) is 11.1. The summed E-state index contributed by atoms with van der Waals surface area (Å²) in [6.07, 6.45) is 1.90. The first-order chi connectivity index (χ1) is 15.5. The molecule has 0 aliphatic heterocycles. The lowest BCUT2D eigenvalue weighted by atomic mass is 9.94. The van der Waals surface area contributed by atoms with Crippen LogP contribution < -0.4 is 5.43 Å². The predicted octanol–water partition coefficient (Wildman–Crippen LogP) is 8.15. The molecule has 0 amide bonds. The van der Waals surface area contributed by atoms with Crippen LogP contribution in [-0.4, -0.2) is 0 Å². The quantitative estimate of drug-likeness (QED) is 0.256. The Morgan fingerprint density at radius 3 is 2.00 bits per heavy atom. The van der Waals surface area contributed by atoms with E-state index >= 15 is 0 Å². The lowest BCUT2D eigenvalue weighted by Crippen LogP contribution is -2.09. The molecule has 1 aromatic heterocycles. The van der Waals surface area contributed by atoms with Crippen LogP contribution in [0, 0.1) is 6.92 Å². The standard InChI is InChI=1S/C28H18Cl2O2/c1-17-24(28(31)27-23-5-3-2-4-18(23)10-15-26(27)32-17)16-25(19-6-11-21(29)12-7-19)20-8-13-22(30)14-9-20/h2-16H,1H3. The lowest BCUT2D eigenvalue weighted by molar-refractivity contribution is 0.563. The van der Waals surface area contributed by atoms with E-state index in [9.17, 15) is 4.79 Å². The van der Waals surface area contributed by atoms with Gasteiger partial charge in [-0.25, -0.2) is 0 Å². The van der Waals surface area contributed by atoms with Crippen LogP contribution in [0.4, 0.5) is 0 Å². The fourth-order valence-electron chi connectivity index (χ4n) is 3.99. The number of rotatable bonds is 3. The predicted molar refractivity (Wildman–Crippen MR) is 135 cm³/mol. The molecule has 0 atom stereocenters. The van der Waals surface area contributed by atoms with Gasteiger partial charge in [-0.15, -0.1) is 0 Å². The van der Waals surface area contributed by atoms with Crippen LogP contribution in [-0.2, 0) is 0 Å². The number of fused-ring (bicyclic) bond motifs is 3. The molecule has 0 aliphatic carbocycles. The summed E-state index contributed by atoms with van der Waals surface area (Å²) in [5, 5.41) is 3.77. The second-order valence-corrected chi connectivity index (χ2v) is 8.51. The van der Waals surface area contributed by atoms with Crippen LogP contribution in [0.5, 0.6) is 0 Å². The molecule has 4 heteroatoms. The van der Waals surface area contributed by atoms with Crippen molar-refractivity contribution in [2.45, 2.75) is 6.92 Å². The number of hydrogen-bond donors (Lipinski definition) is 0. The van der Waals surface area contributed by atoms with E-state index in [0.29, 0.717) is 32.3 Å². The van der Waals surface area contributed by atoms with E-state index in [2.05, 4.69) is 0 Å². The van der Waals surface area contributed by atoms with E-state index in [1.165, 1.54) is 0 Å². The molecule has 156 valence electrons. The zero-order chi connectivity index (χ0) is 22.2. The molecule has 0 spiro atoms. The summed E-state index contributed by atoms with van der Waals surface area (Å²) in [6.45, 7) is 1.82. The van der Waals surface area contributed by atoms with Crippen LogP contribution in [0.3, 0.4) is 0 Å². The SMILES string of the molecule is Cc1oc2ccc3ccccc3c2c(=O)c1C=C(c1ccc(Cl)cc1)c1ccc(Cl)cc1. The smallest absolute Gasteiger partial charge is 0.200 e. The molecule has 32 heavy (non-hydrogen) atoms. The van der Waals surface area contributed by atoms with Crippen LogP contribution in [0.15, 0.2) is 94.1 Å². The van der Waals surface area contributed by atoms with Gasteiger partial charge in [-0.2, -0.15) is 0 Å². The second-order valence-electron chi connectivity index (χ2n) is 7.63. The monoisotopic (exact) mass is 456 g/mol. The van der Waals surface area contributed by atoms with Crippen LogP contribution in [0.25, 0.3) is 33.4 Å². The Balaban J connectivity index is 1.82. The van der Waals surface area contributed by atoms with Crippen molar-refractivity contribution in [3.05, 3.63) is 128 Å². The lowest BCUT2D eigenvalue weighted by Gasteiger charge is -2.11. The van der Waals surface area contributed by atoms with Crippen molar-refractivity contribution in [3.8, 4) is 0 Å². The van der Waals surface area contributed by atoms with Crippen molar-refractivity contribution in [1.29, 1.82) is 0 Å². The van der Waals surface area contributed by atoms with Gasteiger partial charge in [0.05, 0.1) is 10.9 Å². The highest BCUT2D eigenvalue weighted by Crippen LogP contribution is 2.30. The van der Waals surface area contributed by atoms with E-state index < -0.39 is 0 Å². The molecule has 0 radical (unpaired) electrons. The van der Waals surface area contributed by atoms with E-state index in [1.807, 2.05) is 97.9 Å². The van der Waals surface area contributed by atoms with Gasteiger partial charge in [-0.3, -0.25) is 4.79 Å². The average molecular weight is 457 g/mol. The first-order valence-electron chi connectivity index (χ1n) is 10.2. The molecule has 2 nitrogen and oxygen atoms in total. The highest BCUT2D eigenvalue weighted by atomic mass is 35.5.